The molecule has 4 aromatic rings. The number of halogens is 4. The number of benzene rings is 2. The molecule has 1 aliphatic carbocycles. The number of ether oxygens (including phenoxy) is 2. The molecule has 8 nitrogen and oxygen atoms in total. The lowest BCUT2D eigenvalue weighted by Gasteiger charge is -2.27. The second kappa shape index (κ2) is 11.6. The molecular weight excluding hydrogens is 568 g/mol. The number of carbonyl (C=O) groups excluding carboxylic acids is 2. The summed E-state index contributed by atoms with van der Waals surface area (Å²) in [6.07, 6.45) is 0.787. The van der Waals surface area contributed by atoms with Gasteiger partial charge in [-0.05, 0) is 70.4 Å². The number of aryl methyl sites for hydroxylation is 1. The van der Waals surface area contributed by atoms with E-state index in [1.807, 2.05) is 0 Å². The van der Waals surface area contributed by atoms with Crippen LogP contribution in [0.2, 0.25) is 0 Å². The number of rotatable bonds is 8. The average molecular weight is 599 g/mol. The summed E-state index contributed by atoms with van der Waals surface area (Å²) in [4.78, 5) is 31.0. The third kappa shape index (κ3) is 6.90. The molecule has 43 heavy (non-hydrogen) atoms. The van der Waals surface area contributed by atoms with Gasteiger partial charge >= 0.3 is 6.09 Å². The van der Waals surface area contributed by atoms with Crippen molar-refractivity contribution in [3.8, 4) is 22.8 Å². The molecule has 226 valence electrons. The summed E-state index contributed by atoms with van der Waals surface area (Å²) in [6.45, 7) is 5.54. The van der Waals surface area contributed by atoms with E-state index >= 15 is 0 Å². The van der Waals surface area contributed by atoms with E-state index in [9.17, 15) is 27.2 Å². The van der Waals surface area contributed by atoms with Crippen molar-refractivity contribution in [2.24, 2.45) is 0 Å². The zero-order valence-electron chi connectivity index (χ0n) is 24.0. The Hall–Kier alpha value is -4.61. The predicted molar refractivity (Wildman–Crippen MR) is 152 cm³/mol. The maximum absolute atomic E-state index is 14.5. The van der Waals surface area contributed by atoms with E-state index in [-0.39, 0.29) is 29.0 Å². The normalized spacial score (nSPS) is 13.3. The number of nitrogens with zero attached hydrogens (tertiary/aromatic N) is 3. The maximum atomic E-state index is 14.5. The van der Waals surface area contributed by atoms with Gasteiger partial charge in [0.05, 0.1) is 30.3 Å². The highest BCUT2D eigenvalue weighted by Crippen LogP contribution is 2.35. The van der Waals surface area contributed by atoms with Gasteiger partial charge in [0.1, 0.15) is 17.2 Å². The van der Waals surface area contributed by atoms with Gasteiger partial charge in [-0.1, -0.05) is 6.07 Å². The number of anilines is 1. The number of imidazole rings is 1. The molecule has 1 saturated carbocycles. The molecule has 0 saturated heterocycles. The smallest absolute Gasteiger partial charge is 0.415 e. The monoisotopic (exact) mass is 598 g/mol. The van der Waals surface area contributed by atoms with Crippen molar-refractivity contribution in [1.29, 1.82) is 0 Å². The van der Waals surface area contributed by atoms with E-state index in [1.54, 1.807) is 45.9 Å². The molecule has 5 rings (SSSR count). The molecule has 2 heterocycles. The molecule has 0 aliphatic heterocycles. The van der Waals surface area contributed by atoms with Crippen LogP contribution in [0.25, 0.3) is 16.9 Å². The predicted octanol–water partition coefficient (Wildman–Crippen LogP) is 7.28. The van der Waals surface area contributed by atoms with Crippen LogP contribution >= 0.6 is 0 Å². The topological polar surface area (TPSA) is 85.2 Å². The minimum Gasteiger partial charge on any atom is -0.453 e. The molecular formula is C31H30F4N4O4. The van der Waals surface area contributed by atoms with Gasteiger partial charge in [-0.15, -0.1) is 0 Å². The molecule has 0 spiro atoms. The third-order valence-corrected chi connectivity index (χ3v) is 6.59. The maximum Gasteiger partial charge on any atom is 0.415 e. The summed E-state index contributed by atoms with van der Waals surface area (Å²) in [7, 11) is 0. The zero-order valence-corrected chi connectivity index (χ0v) is 24.0. The van der Waals surface area contributed by atoms with Crippen molar-refractivity contribution >= 4 is 23.3 Å². The highest BCUT2D eigenvalue weighted by molar-refractivity contribution is 5.97. The number of alkyl halides is 2. The van der Waals surface area contributed by atoms with Crippen LogP contribution in [0.3, 0.4) is 0 Å². The van der Waals surface area contributed by atoms with Crippen molar-refractivity contribution in [3.63, 3.8) is 0 Å². The van der Waals surface area contributed by atoms with Crippen molar-refractivity contribution in [3.05, 3.63) is 77.6 Å². The molecule has 1 N–H and O–H groups in total. The third-order valence-electron chi connectivity index (χ3n) is 6.59. The van der Waals surface area contributed by atoms with Crippen LogP contribution in [0, 0.1) is 18.6 Å². The molecule has 0 unspecified atom stereocenters. The summed E-state index contributed by atoms with van der Waals surface area (Å²) in [5, 5.41) is 2.96. The SMILES string of the molecule is Cc1cc(-c2cnc3c(N(CC(F)F)C(=O)OC(C)(C)C)cc(Oc4cc(F)ccc4F)cn23)ccc1C(=O)NC1CC1. The van der Waals surface area contributed by atoms with Crippen LogP contribution < -0.4 is 15.0 Å². The fraction of sp³-hybridized carbons (Fsp3) is 0.323. The zero-order chi connectivity index (χ0) is 31.1. The molecule has 2 aromatic carbocycles. The Balaban J connectivity index is 1.64. The van der Waals surface area contributed by atoms with Crippen LogP contribution in [0.15, 0.2) is 54.9 Å². The Morgan fingerprint density at radius 2 is 1.86 bits per heavy atom. The van der Waals surface area contributed by atoms with Gasteiger partial charge in [0.2, 0.25) is 0 Å². The minimum atomic E-state index is -2.94. The lowest BCUT2D eigenvalue weighted by Crippen LogP contribution is -2.40. The van der Waals surface area contributed by atoms with Gasteiger partial charge in [0, 0.05) is 29.3 Å². The van der Waals surface area contributed by atoms with Crippen LogP contribution in [-0.4, -0.2) is 46.0 Å². The number of carbonyl (C=O) groups is 2. The van der Waals surface area contributed by atoms with E-state index < -0.39 is 42.0 Å². The van der Waals surface area contributed by atoms with E-state index in [0.717, 1.165) is 35.9 Å². The first-order chi connectivity index (χ1) is 20.3. The molecule has 12 heteroatoms. The van der Waals surface area contributed by atoms with Crippen molar-refractivity contribution in [1.82, 2.24) is 14.7 Å². The Morgan fingerprint density at radius 3 is 2.51 bits per heavy atom. The molecule has 0 bridgehead atoms. The Labute approximate surface area is 245 Å². The van der Waals surface area contributed by atoms with Crippen LogP contribution in [0.1, 0.15) is 49.5 Å². The largest absolute Gasteiger partial charge is 0.453 e. The van der Waals surface area contributed by atoms with Crippen LogP contribution in [-0.2, 0) is 4.74 Å². The molecule has 1 fully saturated rings. The first-order valence-corrected chi connectivity index (χ1v) is 13.6. The fourth-order valence-corrected chi connectivity index (χ4v) is 4.49. The first kappa shape index (κ1) is 29.9. The van der Waals surface area contributed by atoms with Gasteiger partial charge in [0.15, 0.2) is 17.2 Å². The van der Waals surface area contributed by atoms with E-state index in [1.165, 1.54) is 22.9 Å². The number of aromatic nitrogens is 2. The molecule has 2 amide bonds. The number of nitrogens with one attached hydrogen (secondary N) is 1. The quantitative estimate of drug-likeness (QED) is 0.216. The van der Waals surface area contributed by atoms with Crippen molar-refractivity contribution in [2.75, 3.05) is 11.4 Å². The van der Waals surface area contributed by atoms with Crippen molar-refractivity contribution < 1.29 is 36.6 Å². The Morgan fingerprint density at radius 1 is 1.12 bits per heavy atom. The van der Waals surface area contributed by atoms with E-state index in [4.69, 9.17) is 9.47 Å². The molecule has 0 radical (unpaired) electrons. The molecule has 2 aromatic heterocycles. The summed E-state index contributed by atoms with van der Waals surface area (Å²) in [5.41, 5.74) is 1.26. The Bertz CT molecular complexity index is 1700. The molecule has 0 atom stereocenters. The van der Waals surface area contributed by atoms with Crippen LogP contribution in [0.4, 0.5) is 28.0 Å². The second-order valence-electron chi connectivity index (χ2n) is 11.3. The highest BCUT2D eigenvalue weighted by Gasteiger charge is 2.30. The lowest BCUT2D eigenvalue weighted by atomic mass is 10.0. The lowest BCUT2D eigenvalue weighted by molar-refractivity contribution is 0.0543. The minimum absolute atomic E-state index is 0.0915. The second-order valence-corrected chi connectivity index (χ2v) is 11.3. The average Bonchev–Trinajstić information content (AvgIpc) is 3.62. The van der Waals surface area contributed by atoms with Crippen LogP contribution in [0.5, 0.6) is 11.5 Å². The fourth-order valence-electron chi connectivity index (χ4n) is 4.49. The van der Waals surface area contributed by atoms with Gasteiger partial charge < -0.3 is 14.8 Å². The standard InChI is InChI=1S/C31H30F4N4O4/c1-17-11-18(5-9-22(17)29(40)37-20-7-8-20)25-14-36-28-24(39(16-27(34)35)30(41)43-31(2,3)4)13-21(15-38(25)28)42-26-12-19(32)6-10-23(26)33/h5-6,9-15,20,27H,7-8,16H2,1-4H3,(H,37,40). The summed E-state index contributed by atoms with van der Waals surface area (Å²) in [6, 6.07) is 9.24. The van der Waals surface area contributed by atoms with Gasteiger partial charge in [-0.2, -0.15) is 0 Å². The van der Waals surface area contributed by atoms with Gasteiger partial charge in [-0.25, -0.2) is 27.3 Å². The molecule has 1 aliphatic rings. The van der Waals surface area contributed by atoms with Crippen molar-refractivity contribution in [2.45, 2.75) is 58.6 Å². The summed E-state index contributed by atoms with van der Waals surface area (Å²) < 4.78 is 68.5. The first-order valence-electron chi connectivity index (χ1n) is 13.6. The highest BCUT2D eigenvalue weighted by atomic mass is 19.3. The number of hydrogen-bond donors (Lipinski definition) is 1. The number of amides is 2. The number of fused-ring (bicyclic) bond motifs is 1. The van der Waals surface area contributed by atoms with E-state index in [2.05, 4.69) is 10.3 Å². The number of hydrogen-bond acceptors (Lipinski definition) is 5. The summed E-state index contributed by atoms with van der Waals surface area (Å²) in [5.74, 6) is -2.34. The van der Waals surface area contributed by atoms with Gasteiger partial charge in [0.25, 0.3) is 12.3 Å². The van der Waals surface area contributed by atoms with E-state index in [0.29, 0.717) is 22.4 Å². The van der Waals surface area contributed by atoms with Gasteiger partial charge in [-0.3, -0.25) is 14.1 Å². The number of pyridine rings is 1. The Kier molecular flexibility index (Phi) is 8.04. The summed E-state index contributed by atoms with van der Waals surface area (Å²) >= 11 is 0.